The van der Waals surface area contributed by atoms with Gasteiger partial charge in [0, 0.05) is 0 Å². The van der Waals surface area contributed by atoms with Crippen LogP contribution in [-0.2, 0) is 14.3 Å². The number of esters is 1. The average molecular weight is 159 g/mol. The Morgan fingerprint density at radius 2 is 2.27 bits per heavy atom. The Morgan fingerprint density at radius 3 is 2.45 bits per heavy atom. The van der Waals surface area contributed by atoms with Crippen molar-refractivity contribution < 1.29 is 19.4 Å². The van der Waals surface area contributed by atoms with E-state index >= 15 is 0 Å². The van der Waals surface area contributed by atoms with Crippen molar-refractivity contribution in [1.29, 1.82) is 0 Å². The van der Waals surface area contributed by atoms with E-state index in [1.54, 1.807) is 0 Å². The van der Waals surface area contributed by atoms with Gasteiger partial charge in [-0.25, -0.2) is 0 Å². The topological polar surface area (TPSA) is 89.6 Å². The van der Waals surface area contributed by atoms with Crippen molar-refractivity contribution in [3.63, 3.8) is 0 Å². The maximum absolute atomic E-state index is 10.7. The smallest absolute Gasteiger partial charge is 0.324 e. The molecule has 1 aliphatic heterocycles. The number of hydrogen-bond acceptors (Lipinski definition) is 4. The van der Waals surface area contributed by atoms with E-state index in [4.69, 9.17) is 10.8 Å². The highest BCUT2D eigenvalue weighted by molar-refractivity contribution is 5.87. The predicted octanol–water partition coefficient (Wildman–Crippen LogP) is -1.04. The number of cyclic esters (lactones) is 1. The number of carboxylic acid groups (broad SMARTS) is 1. The van der Waals surface area contributed by atoms with Gasteiger partial charge >= 0.3 is 11.9 Å². The predicted molar refractivity (Wildman–Crippen MR) is 34.7 cm³/mol. The second-order valence-electron chi connectivity index (χ2n) is 2.53. The highest BCUT2D eigenvalue weighted by Gasteiger charge is 2.44. The standard InChI is InChI=1S/C6H9NO4/c1-2-3(5(8)9)4(7)6(10)11-2/h2-4H,7H2,1H3,(H,8,9). The van der Waals surface area contributed by atoms with Gasteiger partial charge in [-0.3, -0.25) is 9.59 Å². The van der Waals surface area contributed by atoms with E-state index in [2.05, 4.69) is 4.74 Å². The molecule has 5 nitrogen and oxygen atoms in total. The van der Waals surface area contributed by atoms with Crippen LogP contribution in [0.15, 0.2) is 0 Å². The van der Waals surface area contributed by atoms with Gasteiger partial charge < -0.3 is 15.6 Å². The van der Waals surface area contributed by atoms with Crippen LogP contribution in [0.2, 0.25) is 0 Å². The van der Waals surface area contributed by atoms with Crippen LogP contribution >= 0.6 is 0 Å². The summed E-state index contributed by atoms with van der Waals surface area (Å²) in [5.41, 5.74) is 5.26. The fourth-order valence-electron chi connectivity index (χ4n) is 1.13. The molecule has 1 fully saturated rings. The summed E-state index contributed by atoms with van der Waals surface area (Å²) in [6.45, 7) is 1.52. The lowest BCUT2D eigenvalue weighted by atomic mass is 9.99. The summed E-state index contributed by atoms with van der Waals surface area (Å²) in [5, 5.41) is 8.56. The van der Waals surface area contributed by atoms with Crippen LogP contribution in [0.5, 0.6) is 0 Å². The molecule has 0 saturated carbocycles. The fraction of sp³-hybridized carbons (Fsp3) is 0.667. The van der Waals surface area contributed by atoms with Gasteiger partial charge in [-0.15, -0.1) is 0 Å². The third kappa shape index (κ3) is 1.19. The minimum atomic E-state index is -1.09. The van der Waals surface area contributed by atoms with Crippen molar-refractivity contribution >= 4 is 11.9 Å². The summed E-state index contributed by atoms with van der Waals surface area (Å²) in [6, 6.07) is -1.01. The van der Waals surface area contributed by atoms with Gasteiger partial charge in [-0.05, 0) is 6.92 Å². The van der Waals surface area contributed by atoms with E-state index in [-0.39, 0.29) is 0 Å². The van der Waals surface area contributed by atoms with Gasteiger partial charge in [0.15, 0.2) is 0 Å². The number of ether oxygens (including phenoxy) is 1. The first-order chi connectivity index (χ1) is 5.04. The number of aliphatic carboxylic acids is 1. The number of carbonyl (C=O) groups is 2. The largest absolute Gasteiger partial charge is 0.481 e. The zero-order valence-corrected chi connectivity index (χ0v) is 5.98. The molecule has 1 rings (SSSR count). The first-order valence-electron chi connectivity index (χ1n) is 3.23. The lowest BCUT2D eigenvalue weighted by Gasteiger charge is -2.08. The number of carbonyl (C=O) groups excluding carboxylic acids is 1. The first-order valence-corrected chi connectivity index (χ1v) is 3.23. The van der Waals surface area contributed by atoms with Crippen molar-refractivity contribution in [2.24, 2.45) is 11.7 Å². The molecule has 62 valence electrons. The van der Waals surface area contributed by atoms with E-state index in [0.717, 1.165) is 0 Å². The van der Waals surface area contributed by atoms with Crippen molar-refractivity contribution in [3.05, 3.63) is 0 Å². The molecule has 0 radical (unpaired) electrons. The van der Waals surface area contributed by atoms with Crippen molar-refractivity contribution in [3.8, 4) is 0 Å². The van der Waals surface area contributed by atoms with Gasteiger partial charge in [0.05, 0.1) is 0 Å². The Balaban J connectivity index is 2.79. The fourth-order valence-corrected chi connectivity index (χ4v) is 1.13. The van der Waals surface area contributed by atoms with Crippen LogP contribution in [0.25, 0.3) is 0 Å². The second-order valence-corrected chi connectivity index (χ2v) is 2.53. The van der Waals surface area contributed by atoms with Crippen molar-refractivity contribution in [2.75, 3.05) is 0 Å². The molecular weight excluding hydrogens is 150 g/mol. The molecule has 0 aromatic carbocycles. The zero-order chi connectivity index (χ0) is 8.59. The van der Waals surface area contributed by atoms with Crippen LogP contribution in [0.3, 0.4) is 0 Å². The monoisotopic (exact) mass is 159 g/mol. The summed E-state index contributed by atoms with van der Waals surface area (Å²) in [7, 11) is 0. The van der Waals surface area contributed by atoms with Crippen molar-refractivity contribution in [1.82, 2.24) is 0 Å². The molecule has 0 spiro atoms. The molecule has 5 heteroatoms. The molecule has 0 amide bonds. The van der Waals surface area contributed by atoms with Crippen LogP contribution < -0.4 is 5.73 Å². The van der Waals surface area contributed by atoms with Crippen LogP contribution in [-0.4, -0.2) is 29.2 Å². The highest BCUT2D eigenvalue weighted by atomic mass is 16.6. The number of rotatable bonds is 1. The molecule has 0 bridgehead atoms. The molecule has 0 aliphatic carbocycles. The molecule has 3 atom stereocenters. The minimum Gasteiger partial charge on any atom is -0.481 e. The number of carboxylic acids is 1. The molecule has 3 N–H and O–H groups in total. The quantitative estimate of drug-likeness (QED) is 0.477. The summed E-state index contributed by atoms with van der Waals surface area (Å²) >= 11 is 0. The summed E-state index contributed by atoms with van der Waals surface area (Å²) < 4.78 is 4.60. The summed E-state index contributed by atoms with van der Waals surface area (Å²) in [5.74, 6) is -2.62. The molecule has 0 aromatic rings. The van der Waals surface area contributed by atoms with Gasteiger partial charge in [0.25, 0.3) is 0 Å². The number of nitrogens with two attached hydrogens (primary N) is 1. The third-order valence-electron chi connectivity index (χ3n) is 1.75. The maximum Gasteiger partial charge on any atom is 0.324 e. The minimum absolute atomic E-state index is 0.616. The van der Waals surface area contributed by atoms with E-state index in [0.29, 0.717) is 0 Å². The highest BCUT2D eigenvalue weighted by Crippen LogP contribution is 2.20. The van der Waals surface area contributed by atoms with Crippen LogP contribution in [0.4, 0.5) is 0 Å². The normalized spacial score (nSPS) is 36.9. The van der Waals surface area contributed by atoms with Crippen LogP contribution in [0.1, 0.15) is 6.92 Å². The second kappa shape index (κ2) is 2.50. The van der Waals surface area contributed by atoms with E-state index in [1.807, 2.05) is 0 Å². The Kier molecular flexibility index (Phi) is 1.82. The molecule has 11 heavy (non-hydrogen) atoms. The Morgan fingerprint density at radius 1 is 1.73 bits per heavy atom. The molecule has 1 saturated heterocycles. The first kappa shape index (κ1) is 8.00. The molecule has 0 aromatic heterocycles. The Bertz CT molecular complexity index is 203. The zero-order valence-electron chi connectivity index (χ0n) is 5.98. The summed E-state index contributed by atoms with van der Waals surface area (Å²) in [4.78, 5) is 21.1. The Labute approximate surface area is 63.1 Å². The van der Waals surface area contributed by atoms with Gasteiger partial charge in [-0.2, -0.15) is 0 Å². The van der Waals surface area contributed by atoms with Crippen molar-refractivity contribution in [2.45, 2.75) is 19.1 Å². The van der Waals surface area contributed by atoms with E-state index in [1.165, 1.54) is 6.92 Å². The number of hydrogen-bond donors (Lipinski definition) is 2. The maximum atomic E-state index is 10.7. The Hall–Kier alpha value is -1.10. The summed E-state index contributed by atoms with van der Waals surface area (Å²) in [6.07, 6.45) is -0.616. The van der Waals surface area contributed by atoms with Crippen LogP contribution in [0, 0.1) is 5.92 Å². The molecule has 1 aliphatic rings. The lowest BCUT2D eigenvalue weighted by Crippen LogP contribution is -2.38. The lowest BCUT2D eigenvalue weighted by molar-refractivity contribution is -0.143. The molecule has 1 heterocycles. The van der Waals surface area contributed by atoms with Gasteiger partial charge in [0.2, 0.25) is 0 Å². The average Bonchev–Trinajstić information content (AvgIpc) is 2.07. The van der Waals surface area contributed by atoms with Gasteiger partial charge in [-0.1, -0.05) is 0 Å². The molecular formula is C6H9NO4. The van der Waals surface area contributed by atoms with E-state index in [9.17, 15) is 9.59 Å². The third-order valence-corrected chi connectivity index (χ3v) is 1.75. The van der Waals surface area contributed by atoms with Gasteiger partial charge in [0.1, 0.15) is 18.1 Å². The SMILES string of the molecule is CC1OC(=O)C(N)C1C(=O)O. The van der Waals surface area contributed by atoms with E-state index < -0.39 is 30.0 Å². The molecule has 3 unspecified atom stereocenters.